The fraction of sp³-hybridized carbons (Fsp3) is 0.867. The topological polar surface area (TPSA) is 91.0 Å². The summed E-state index contributed by atoms with van der Waals surface area (Å²) in [5.41, 5.74) is 5.08. The van der Waals surface area contributed by atoms with E-state index >= 15 is 0 Å². The molecule has 1 amide bonds. The number of oxime groups is 1. The van der Waals surface area contributed by atoms with Crippen LogP contribution in [0, 0.1) is 5.41 Å². The van der Waals surface area contributed by atoms with Crippen LogP contribution in [0.1, 0.15) is 51.4 Å². The fourth-order valence-corrected chi connectivity index (χ4v) is 3.64. The molecule has 6 nitrogen and oxygen atoms in total. The van der Waals surface area contributed by atoms with Gasteiger partial charge in [-0.15, -0.1) is 0 Å². The predicted molar refractivity (Wildman–Crippen MR) is 82.2 cm³/mol. The lowest BCUT2D eigenvalue weighted by Gasteiger charge is -2.31. The summed E-state index contributed by atoms with van der Waals surface area (Å²) in [5.74, 6) is 0.00155. The Bertz CT molecular complexity index is 389. The SMILES string of the molecule is CN1CCCC1CNC(=O)C1(C(N)=NO)CCCCCC1. The van der Waals surface area contributed by atoms with Crippen LogP contribution in [0.25, 0.3) is 0 Å². The molecular weight excluding hydrogens is 268 g/mol. The van der Waals surface area contributed by atoms with Crippen LogP contribution < -0.4 is 11.1 Å². The first-order valence-corrected chi connectivity index (χ1v) is 8.07. The van der Waals surface area contributed by atoms with Crippen molar-refractivity contribution in [3.63, 3.8) is 0 Å². The summed E-state index contributed by atoms with van der Waals surface area (Å²) in [6.45, 7) is 1.74. The second-order valence-electron chi connectivity index (χ2n) is 6.47. The normalized spacial score (nSPS) is 27.3. The van der Waals surface area contributed by atoms with E-state index in [9.17, 15) is 4.79 Å². The molecular formula is C15H28N4O2. The quantitative estimate of drug-likeness (QED) is 0.240. The van der Waals surface area contributed by atoms with E-state index in [0.717, 1.165) is 38.6 Å². The van der Waals surface area contributed by atoms with Crippen molar-refractivity contribution in [3.8, 4) is 0 Å². The van der Waals surface area contributed by atoms with Gasteiger partial charge in [0.15, 0.2) is 5.84 Å². The summed E-state index contributed by atoms with van der Waals surface area (Å²) in [7, 11) is 2.09. The lowest BCUT2D eigenvalue weighted by atomic mass is 9.78. The fourth-order valence-electron chi connectivity index (χ4n) is 3.64. The second kappa shape index (κ2) is 7.11. The lowest BCUT2D eigenvalue weighted by molar-refractivity contribution is -0.128. The van der Waals surface area contributed by atoms with E-state index in [4.69, 9.17) is 10.9 Å². The van der Waals surface area contributed by atoms with Crippen LogP contribution in [0.5, 0.6) is 0 Å². The zero-order valence-corrected chi connectivity index (χ0v) is 13.0. The molecule has 0 aromatic carbocycles. The number of nitrogens with zero attached hydrogens (tertiary/aromatic N) is 2. The van der Waals surface area contributed by atoms with Crippen LogP contribution in [-0.2, 0) is 4.79 Å². The third-order valence-electron chi connectivity index (χ3n) is 5.16. The van der Waals surface area contributed by atoms with Crippen molar-refractivity contribution in [1.82, 2.24) is 10.2 Å². The zero-order chi connectivity index (χ0) is 15.3. The van der Waals surface area contributed by atoms with Gasteiger partial charge in [-0.25, -0.2) is 0 Å². The van der Waals surface area contributed by atoms with E-state index in [1.165, 1.54) is 6.42 Å². The molecule has 2 fully saturated rings. The molecule has 0 bridgehead atoms. The molecule has 2 rings (SSSR count). The molecule has 2 aliphatic rings. The first kappa shape index (κ1) is 16.1. The molecule has 1 aliphatic heterocycles. The van der Waals surface area contributed by atoms with Gasteiger partial charge in [-0.05, 0) is 39.3 Å². The lowest BCUT2D eigenvalue weighted by Crippen LogP contribution is -2.51. The number of likely N-dealkylation sites (N-methyl/N-ethyl adjacent to an activating group) is 1. The average molecular weight is 296 g/mol. The minimum Gasteiger partial charge on any atom is -0.409 e. The van der Waals surface area contributed by atoms with Crippen LogP contribution in [0.4, 0.5) is 0 Å². The van der Waals surface area contributed by atoms with Crippen LogP contribution in [-0.4, -0.2) is 48.0 Å². The molecule has 1 aliphatic carbocycles. The number of carbonyl (C=O) groups is 1. The maximum atomic E-state index is 12.7. The Morgan fingerprint density at radius 2 is 2.00 bits per heavy atom. The maximum absolute atomic E-state index is 12.7. The number of nitrogens with one attached hydrogen (secondary N) is 1. The van der Waals surface area contributed by atoms with Gasteiger partial charge in [-0.3, -0.25) is 4.79 Å². The molecule has 1 saturated heterocycles. The van der Waals surface area contributed by atoms with Gasteiger partial charge in [0.1, 0.15) is 5.41 Å². The Labute approximate surface area is 126 Å². The molecule has 6 heteroatoms. The summed E-state index contributed by atoms with van der Waals surface area (Å²) in [6, 6.07) is 0.407. The summed E-state index contributed by atoms with van der Waals surface area (Å²) < 4.78 is 0. The van der Waals surface area contributed by atoms with E-state index < -0.39 is 5.41 Å². The summed E-state index contributed by atoms with van der Waals surface area (Å²) >= 11 is 0. The summed E-state index contributed by atoms with van der Waals surface area (Å²) in [4.78, 5) is 15.0. The van der Waals surface area contributed by atoms with Gasteiger partial charge >= 0.3 is 0 Å². The van der Waals surface area contributed by atoms with Crippen molar-refractivity contribution < 1.29 is 10.0 Å². The standard InChI is InChI=1S/C15H28N4O2/c1-19-10-6-7-12(19)11-17-14(20)15(13(16)18-21)8-4-2-3-5-9-15/h12,21H,2-11H2,1H3,(H2,16,18)(H,17,20). The van der Waals surface area contributed by atoms with Crippen molar-refractivity contribution >= 4 is 11.7 Å². The van der Waals surface area contributed by atoms with Gasteiger partial charge in [-0.1, -0.05) is 30.8 Å². The number of likely N-dealkylation sites (tertiary alicyclic amines) is 1. The molecule has 1 unspecified atom stereocenters. The van der Waals surface area contributed by atoms with E-state index in [1.54, 1.807) is 0 Å². The second-order valence-corrected chi connectivity index (χ2v) is 6.47. The highest BCUT2D eigenvalue weighted by Gasteiger charge is 2.43. The van der Waals surface area contributed by atoms with Crippen molar-refractivity contribution in [1.29, 1.82) is 0 Å². The number of amides is 1. The van der Waals surface area contributed by atoms with Gasteiger partial charge in [0.05, 0.1) is 0 Å². The van der Waals surface area contributed by atoms with Crippen molar-refractivity contribution in [3.05, 3.63) is 0 Å². The first-order valence-electron chi connectivity index (χ1n) is 8.07. The molecule has 120 valence electrons. The van der Waals surface area contributed by atoms with Crippen LogP contribution >= 0.6 is 0 Å². The Balaban J connectivity index is 2.03. The highest BCUT2D eigenvalue weighted by molar-refractivity contribution is 6.06. The monoisotopic (exact) mass is 296 g/mol. The van der Waals surface area contributed by atoms with Gasteiger partial charge in [0.2, 0.25) is 5.91 Å². The van der Waals surface area contributed by atoms with Crippen LogP contribution in [0.3, 0.4) is 0 Å². The van der Waals surface area contributed by atoms with Gasteiger partial charge in [-0.2, -0.15) is 0 Å². The van der Waals surface area contributed by atoms with Gasteiger partial charge < -0.3 is 21.2 Å². The summed E-state index contributed by atoms with van der Waals surface area (Å²) in [5, 5.41) is 15.3. The molecule has 0 spiro atoms. The number of carbonyl (C=O) groups excluding carboxylic acids is 1. The third kappa shape index (κ3) is 3.48. The Kier molecular flexibility index (Phi) is 5.45. The molecule has 1 heterocycles. The van der Waals surface area contributed by atoms with E-state index in [2.05, 4.69) is 22.4 Å². The molecule has 4 N–H and O–H groups in total. The highest BCUT2D eigenvalue weighted by atomic mass is 16.4. The number of amidine groups is 1. The van der Waals surface area contributed by atoms with E-state index in [-0.39, 0.29) is 11.7 Å². The number of hydrogen-bond acceptors (Lipinski definition) is 4. The molecule has 0 radical (unpaired) electrons. The number of hydrogen-bond donors (Lipinski definition) is 3. The first-order chi connectivity index (χ1) is 10.1. The maximum Gasteiger partial charge on any atom is 0.234 e. The smallest absolute Gasteiger partial charge is 0.234 e. The molecule has 0 aromatic heterocycles. The molecule has 0 aromatic rings. The van der Waals surface area contributed by atoms with Crippen LogP contribution in [0.2, 0.25) is 0 Å². The largest absolute Gasteiger partial charge is 0.409 e. The zero-order valence-electron chi connectivity index (χ0n) is 13.0. The van der Waals surface area contributed by atoms with E-state index in [1.807, 2.05) is 0 Å². The van der Waals surface area contributed by atoms with Crippen molar-refractivity contribution in [2.45, 2.75) is 57.4 Å². The Morgan fingerprint density at radius 3 is 2.52 bits per heavy atom. The Hall–Kier alpha value is -1.30. The number of rotatable bonds is 4. The van der Waals surface area contributed by atoms with Gasteiger partial charge in [0, 0.05) is 12.6 Å². The third-order valence-corrected chi connectivity index (χ3v) is 5.16. The van der Waals surface area contributed by atoms with Crippen molar-refractivity contribution in [2.24, 2.45) is 16.3 Å². The highest BCUT2D eigenvalue weighted by Crippen LogP contribution is 2.35. The molecule has 21 heavy (non-hydrogen) atoms. The average Bonchev–Trinajstić information content (AvgIpc) is 2.76. The number of nitrogens with two attached hydrogens (primary N) is 1. The minimum atomic E-state index is -0.817. The minimum absolute atomic E-state index is 0.0694. The van der Waals surface area contributed by atoms with Crippen LogP contribution in [0.15, 0.2) is 5.16 Å². The predicted octanol–water partition coefficient (Wildman–Crippen LogP) is 1.28. The molecule has 1 atom stereocenters. The molecule has 1 saturated carbocycles. The van der Waals surface area contributed by atoms with E-state index in [0.29, 0.717) is 25.4 Å². The van der Waals surface area contributed by atoms with Crippen molar-refractivity contribution in [2.75, 3.05) is 20.1 Å². The Morgan fingerprint density at radius 1 is 1.33 bits per heavy atom. The summed E-state index contributed by atoms with van der Waals surface area (Å²) in [6.07, 6.45) is 7.78. The van der Waals surface area contributed by atoms with Gasteiger partial charge in [0.25, 0.3) is 0 Å².